The number of nitrogen functional groups attached to an aromatic ring is 1. The average molecular weight is 367 g/mol. The molecule has 2 aliphatic rings. The predicted octanol–water partition coefficient (Wildman–Crippen LogP) is 3.07. The lowest BCUT2D eigenvalue weighted by Gasteiger charge is -2.40. The van der Waals surface area contributed by atoms with Gasteiger partial charge in [0, 0.05) is 30.9 Å². The Bertz CT molecular complexity index is 652. The number of benzene rings is 1. The third-order valence-corrected chi connectivity index (χ3v) is 6.27. The first-order valence-electron chi connectivity index (χ1n) is 9.27. The van der Waals surface area contributed by atoms with Crippen molar-refractivity contribution in [1.29, 1.82) is 0 Å². The molecule has 25 heavy (non-hydrogen) atoms. The Morgan fingerprint density at radius 2 is 2.16 bits per heavy atom. The summed E-state index contributed by atoms with van der Waals surface area (Å²) < 4.78 is 6.56. The highest BCUT2D eigenvalue weighted by Crippen LogP contribution is 2.35. The minimum Gasteiger partial charge on any atom is -0.496 e. The largest absolute Gasteiger partial charge is 0.496 e. The summed E-state index contributed by atoms with van der Waals surface area (Å²) in [5.41, 5.74) is 6.68. The number of quaternary nitrogens is 1. The Labute approximate surface area is 155 Å². The molecular weight excluding hydrogens is 338 g/mol. The highest BCUT2D eigenvalue weighted by atomic mass is 35.5. The molecule has 2 heterocycles. The molecule has 6 heteroatoms. The molecule has 3 N–H and O–H groups in total. The van der Waals surface area contributed by atoms with Crippen LogP contribution in [0.2, 0.25) is 5.02 Å². The number of nitrogens with zero attached hydrogens (tertiary/aromatic N) is 1. The van der Waals surface area contributed by atoms with Crippen LogP contribution in [-0.2, 0) is 0 Å². The van der Waals surface area contributed by atoms with Crippen LogP contribution >= 0.6 is 11.6 Å². The summed E-state index contributed by atoms with van der Waals surface area (Å²) in [5.74, 6) is 0.920. The molecule has 0 spiro atoms. The fraction of sp³-hybridized carbons (Fsp3) is 0.632. The van der Waals surface area contributed by atoms with Crippen LogP contribution in [0.3, 0.4) is 0 Å². The van der Waals surface area contributed by atoms with Crippen molar-refractivity contribution in [2.75, 3.05) is 39.0 Å². The Balaban J connectivity index is 1.68. The Morgan fingerprint density at radius 1 is 1.40 bits per heavy atom. The quantitative estimate of drug-likeness (QED) is 0.600. The van der Waals surface area contributed by atoms with E-state index in [9.17, 15) is 4.79 Å². The van der Waals surface area contributed by atoms with Gasteiger partial charge < -0.3 is 20.3 Å². The average Bonchev–Trinajstić information content (AvgIpc) is 2.96. The molecule has 1 aromatic carbocycles. The molecule has 0 aliphatic carbocycles. The van der Waals surface area contributed by atoms with E-state index in [1.54, 1.807) is 12.1 Å². The normalized spacial score (nSPS) is 28.0. The van der Waals surface area contributed by atoms with Gasteiger partial charge in [-0.2, -0.15) is 0 Å². The third kappa shape index (κ3) is 3.72. The number of carbonyl (C=O) groups is 1. The number of hydrogen-bond donors (Lipinski definition) is 2. The van der Waals surface area contributed by atoms with Crippen LogP contribution < -0.4 is 15.8 Å². The van der Waals surface area contributed by atoms with E-state index in [2.05, 4.69) is 12.2 Å². The van der Waals surface area contributed by atoms with Crippen molar-refractivity contribution in [2.24, 2.45) is 5.92 Å². The van der Waals surface area contributed by atoms with Gasteiger partial charge in [-0.15, -0.1) is 0 Å². The Morgan fingerprint density at radius 3 is 2.88 bits per heavy atom. The van der Waals surface area contributed by atoms with E-state index < -0.39 is 0 Å². The molecule has 1 amide bonds. The molecule has 0 radical (unpaired) electrons. The maximum absolute atomic E-state index is 12.8. The van der Waals surface area contributed by atoms with Crippen molar-refractivity contribution < 1.29 is 14.0 Å². The number of anilines is 1. The second kappa shape index (κ2) is 7.42. The molecule has 2 saturated heterocycles. The van der Waals surface area contributed by atoms with Crippen molar-refractivity contribution in [2.45, 2.75) is 38.6 Å². The summed E-state index contributed by atoms with van der Waals surface area (Å²) in [6, 6.07) is 3.45. The van der Waals surface area contributed by atoms with E-state index in [1.807, 2.05) is 0 Å². The van der Waals surface area contributed by atoms with Gasteiger partial charge in [-0.3, -0.25) is 4.79 Å². The summed E-state index contributed by atoms with van der Waals surface area (Å²) in [5, 5.41) is 3.61. The number of hydrogen-bond acceptors (Lipinski definition) is 3. The monoisotopic (exact) mass is 366 g/mol. The molecular formula is C19H29ClN3O2+. The van der Waals surface area contributed by atoms with Gasteiger partial charge in [0.15, 0.2) is 0 Å². The van der Waals surface area contributed by atoms with E-state index >= 15 is 0 Å². The molecule has 2 aliphatic heterocycles. The van der Waals surface area contributed by atoms with Crippen LogP contribution in [0.25, 0.3) is 0 Å². The lowest BCUT2D eigenvalue weighted by molar-refractivity contribution is -0.922. The van der Waals surface area contributed by atoms with Crippen molar-refractivity contribution in [3.63, 3.8) is 0 Å². The number of rotatable bonds is 6. The number of ether oxygens (including phenoxy) is 1. The number of nitrogens with one attached hydrogen (secondary N) is 1. The molecule has 3 rings (SSSR count). The van der Waals surface area contributed by atoms with E-state index in [4.69, 9.17) is 22.1 Å². The minimum absolute atomic E-state index is 0.121. The number of halogens is 1. The fourth-order valence-electron chi connectivity index (χ4n) is 4.46. The summed E-state index contributed by atoms with van der Waals surface area (Å²) >= 11 is 6.10. The molecule has 3 unspecified atom stereocenters. The van der Waals surface area contributed by atoms with Gasteiger partial charge in [-0.1, -0.05) is 24.9 Å². The number of methoxy groups -OCH3 is 1. The third-order valence-electron chi connectivity index (χ3n) is 5.95. The first kappa shape index (κ1) is 18.3. The zero-order chi connectivity index (χ0) is 18.0. The van der Waals surface area contributed by atoms with E-state index in [1.165, 1.54) is 57.0 Å². The van der Waals surface area contributed by atoms with Gasteiger partial charge in [-0.25, -0.2) is 0 Å². The number of unbranched alkanes of at least 4 members (excludes halogenated alkanes) is 1. The summed E-state index contributed by atoms with van der Waals surface area (Å²) in [6.07, 6.45) is 4.80. The number of carbonyl (C=O) groups excluding carboxylic acids is 1. The second-order valence-electron chi connectivity index (χ2n) is 7.54. The smallest absolute Gasteiger partial charge is 0.255 e. The van der Waals surface area contributed by atoms with Crippen LogP contribution in [-0.4, -0.2) is 49.7 Å². The molecule has 0 aromatic heterocycles. The molecule has 2 bridgehead atoms. The first-order chi connectivity index (χ1) is 12.0. The van der Waals surface area contributed by atoms with Crippen molar-refractivity contribution in [3.8, 4) is 5.75 Å². The molecule has 0 saturated carbocycles. The fourth-order valence-corrected chi connectivity index (χ4v) is 4.62. The highest BCUT2D eigenvalue weighted by molar-refractivity contribution is 6.33. The first-order valence-corrected chi connectivity index (χ1v) is 9.65. The van der Waals surface area contributed by atoms with E-state index in [0.717, 1.165) is 6.42 Å². The SMILES string of the molecule is CCCC[N+]12CCC(C1)C(NC(=O)c1cc(Cl)c(N)cc1OC)CC2. The van der Waals surface area contributed by atoms with Crippen LogP contribution in [0.5, 0.6) is 5.75 Å². The molecule has 5 nitrogen and oxygen atoms in total. The van der Waals surface area contributed by atoms with Gasteiger partial charge in [-0.05, 0) is 12.5 Å². The van der Waals surface area contributed by atoms with Gasteiger partial charge >= 0.3 is 0 Å². The number of amides is 1. The van der Waals surface area contributed by atoms with E-state index in [-0.39, 0.29) is 11.9 Å². The maximum Gasteiger partial charge on any atom is 0.255 e. The van der Waals surface area contributed by atoms with E-state index in [0.29, 0.717) is 27.9 Å². The lowest BCUT2D eigenvalue weighted by atomic mass is 9.92. The van der Waals surface area contributed by atoms with Crippen LogP contribution in [0.4, 0.5) is 5.69 Å². The summed E-state index contributed by atoms with van der Waals surface area (Å²) in [6.45, 7) is 7.17. The molecule has 3 atom stereocenters. The minimum atomic E-state index is -0.121. The number of fused-ring (bicyclic) bond motifs is 2. The second-order valence-corrected chi connectivity index (χ2v) is 7.95. The van der Waals surface area contributed by atoms with Gasteiger partial charge in [0.05, 0.1) is 49.6 Å². The predicted molar refractivity (Wildman–Crippen MR) is 101 cm³/mol. The van der Waals surface area contributed by atoms with Crippen molar-refractivity contribution >= 4 is 23.2 Å². The number of piperidine rings is 1. The Kier molecular flexibility index (Phi) is 5.44. The summed E-state index contributed by atoms with van der Waals surface area (Å²) in [4.78, 5) is 12.8. The lowest BCUT2D eigenvalue weighted by Crippen LogP contribution is -2.55. The standard InChI is InChI=1S/C19H28ClN3O2/c1-3-4-7-23-8-5-13(12-23)17(6-9-23)22-19(24)14-10-15(20)16(21)11-18(14)25-2/h10-11,13,17H,3-9,12H2,1-2H3,(H2-,21,22,24)/p+1. The zero-order valence-electron chi connectivity index (χ0n) is 15.2. The molecule has 2 fully saturated rings. The van der Waals surface area contributed by atoms with Crippen LogP contribution in [0.15, 0.2) is 12.1 Å². The Hall–Kier alpha value is -1.46. The topological polar surface area (TPSA) is 64.4 Å². The highest BCUT2D eigenvalue weighted by Gasteiger charge is 2.46. The molecule has 138 valence electrons. The van der Waals surface area contributed by atoms with Crippen LogP contribution in [0, 0.1) is 5.92 Å². The van der Waals surface area contributed by atoms with Crippen molar-refractivity contribution in [1.82, 2.24) is 5.32 Å². The maximum atomic E-state index is 12.8. The van der Waals surface area contributed by atoms with Crippen LogP contribution in [0.1, 0.15) is 43.0 Å². The van der Waals surface area contributed by atoms with Crippen molar-refractivity contribution in [3.05, 3.63) is 22.7 Å². The zero-order valence-corrected chi connectivity index (χ0v) is 15.9. The number of nitrogens with two attached hydrogens (primary N) is 1. The summed E-state index contributed by atoms with van der Waals surface area (Å²) in [7, 11) is 1.54. The molecule has 1 aromatic rings. The van der Waals surface area contributed by atoms with Gasteiger partial charge in [0.1, 0.15) is 5.75 Å². The van der Waals surface area contributed by atoms with Gasteiger partial charge in [0.25, 0.3) is 5.91 Å². The van der Waals surface area contributed by atoms with Gasteiger partial charge in [0.2, 0.25) is 0 Å².